The van der Waals surface area contributed by atoms with Crippen molar-refractivity contribution >= 4 is 37.3 Å². The van der Waals surface area contributed by atoms with E-state index in [2.05, 4.69) is 4.90 Å². The van der Waals surface area contributed by atoms with E-state index in [1.165, 1.54) is 11.2 Å². The minimum Gasteiger partial charge on any atom is -0.387 e. The van der Waals surface area contributed by atoms with Crippen molar-refractivity contribution in [3.05, 3.63) is 11.6 Å². The van der Waals surface area contributed by atoms with Crippen LogP contribution in [0.2, 0.25) is 0 Å². The van der Waals surface area contributed by atoms with Crippen molar-refractivity contribution in [3.8, 4) is 0 Å². The molecule has 3 N–H and O–H groups in total. The minimum atomic E-state index is -4.05. The number of nitrogens with two attached hydrogens (primary N) is 1. The second kappa shape index (κ2) is 7.39. The number of primary sulfonamides is 1. The number of thiophene rings is 1. The molecule has 2 aliphatic heterocycles. The van der Waals surface area contributed by atoms with Crippen molar-refractivity contribution in [2.75, 3.05) is 45.8 Å². The lowest BCUT2D eigenvalue weighted by atomic mass is 10.2. The molecular formula is C14H22N4O6S3. The highest BCUT2D eigenvalue weighted by Gasteiger charge is 2.39. The van der Waals surface area contributed by atoms with E-state index >= 15 is 0 Å². The molecule has 3 heterocycles. The maximum atomic E-state index is 12.8. The van der Waals surface area contributed by atoms with Crippen LogP contribution in [0.3, 0.4) is 0 Å². The Kier molecular flexibility index (Phi) is 5.65. The standard InChI is InChI=1S/C14H22N4O6S3/c1-10(19)17-5-2-16(3-6-17)4-7-18-9-12(20)11-8-13(26(15,21)22)25-14(11)27(18,23)24/h8,12,20H,2-7,9H2,1H3,(H2,15,21,22). The van der Waals surface area contributed by atoms with Crippen LogP contribution < -0.4 is 5.14 Å². The average molecular weight is 439 g/mol. The number of carbonyl (C=O) groups is 1. The summed E-state index contributed by atoms with van der Waals surface area (Å²) in [6.07, 6.45) is -1.11. The number of aliphatic hydroxyl groups is 1. The number of rotatable bonds is 4. The maximum absolute atomic E-state index is 12.8. The Hall–Kier alpha value is -1.09. The molecule has 0 radical (unpaired) electrons. The van der Waals surface area contributed by atoms with Gasteiger partial charge in [-0.1, -0.05) is 0 Å². The van der Waals surface area contributed by atoms with Crippen molar-refractivity contribution < 1.29 is 26.7 Å². The monoisotopic (exact) mass is 438 g/mol. The lowest BCUT2D eigenvalue weighted by molar-refractivity contribution is -0.130. The molecule has 152 valence electrons. The zero-order valence-electron chi connectivity index (χ0n) is 14.7. The van der Waals surface area contributed by atoms with E-state index in [9.17, 15) is 26.7 Å². The molecule has 1 aromatic heterocycles. The van der Waals surface area contributed by atoms with Crippen LogP contribution in [0.4, 0.5) is 0 Å². The summed E-state index contributed by atoms with van der Waals surface area (Å²) in [5.41, 5.74) is 0.0790. The van der Waals surface area contributed by atoms with Gasteiger partial charge in [0.25, 0.3) is 10.0 Å². The molecule has 1 unspecified atom stereocenters. The Bertz CT molecular complexity index is 934. The molecule has 3 rings (SSSR count). The lowest BCUT2D eigenvalue weighted by Crippen LogP contribution is -2.50. The summed E-state index contributed by atoms with van der Waals surface area (Å²) >= 11 is 0.561. The summed E-state index contributed by atoms with van der Waals surface area (Å²) in [5.74, 6) is 0.0206. The predicted octanol–water partition coefficient (Wildman–Crippen LogP) is -1.40. The highest BCUT2D eigenvalue weighted by molar-refractivity contribution is 7.94. The average Bonchev–Trinajstić information content (AvgIpc) is 3.05. The Morgan fingerprint density at radius 3 is 2.48 bits per heavy atom. The van der Waals surface area contributed by atoms with Gasteiger partial charge in [-0.05, 0) is 6.07 Å². The van der Waals surface area contributed by atoms with Crippen LogP contribution in [0, 0.1) is 0 Å². The molecule has 1 atom stereocenters. The number of nitrogens with zero attached hydrogens (tertiary/aromatic N) is 3. The van der Waals surface area contributed by atoms with Gasteiger partial charge in [0, 0.05) is 58.3 Å². The van der Waals surface area contributed by atoms with E-state index in [4.69, 9.17) is 5.14 Å². The molecule has 2 aliphatic rings. The van der Waals surface area contributed by atoms with Crippen LogP contribution in [0.25, 0.3) is 0 Å². The maximum Gasteiger partial charge on any atom is 0.253 e. The minimum absolute atomic E-state index is 0.0206. The van der Waals surface area contributed by atoms with Gasteiger partial charge in [0.05, 0.1) is 6.10 Å². The van der Waals surface area contributed by atoms with E-state index in [1.54, 1.807) is 4.90 Å². The van der Waals surface area contributed by atoms with Crippen molar-refractivity contribution in [1.29, 1.82) is 0 Å². The number of β-amino-alcohol motifs (C(OH)–C–C–N with tert-alkyl or cyclic N) is 1. The molecule has 10 nitrogen and oxygen atoms in total. The zero-order chi connectivity index (χ0) is 20.0. The molecule has 27 heavy (non-hydrogen) atoms. The molecule has 0 aliphatic carbocycles. The Morgan fingerprint density at radius 2 is 1.93 bits per heavy atom. The molecule has 1 fully saturated rings. The largest absolute Gasteiger partial charge is 0.387 e. The van der Waals surface area contributed by atoms with Crippen LogP contribution >= 0.6 is 11.3 Å². The second-order valence-electron chi connectivity index (χ2n) is 6.58. The van der Waals surface area contributed by atoms with E-state index in [-0.39, 0.29) is 33.0 Å². The number of hydrogen-bond donors (Lipinski definition) is 2. The third-order valence-electron chi connectivity index (χ3n) is 4.78. The Balaban J connectivity index is 1.71. The normalized spacial score (nSPS) is 24.0. The highest BCUT2D eigenvalue weighted by Crippen LogP contribution is 2.39. The van der Waals surface area contributed by atoms with Gasteiger partial charge in [-0.25, -0.2) is 22.0 Å². The molecule has 0 saturated carbocycles. The number of piperazine rings is 1. The van der Waals surface area contributed by atoms with Crippen LogP contribution in [-0.4, -0.2) is 87.8 Å². The third kappa shape index (κ3) is 4.18. The molecule has 1 aromatic rings. The fraction of sp³-hybridized carbons (Fsp3) is 0.643. The molecule has 0 aromatic carbocycles. The first-order chi connectivity index (χ1) is 12.5. The van der Waals surface area contributed by atoms with Crippen molar-refractivity contribution in [2.45, 2.75) is 21.4 Å². The summed E-state index contributed by atoms with van der Waals surface area (Å²) in [4.78, 5) is 15.2. The van der Waals surface area contributed by atoms with Crippen molar-refractivity contribution in [2.24, 2.45) is 5.14 Å². The summed E-state index contributed by atoms with van der Waals surface area (Å²) in [7, 11) is -7.95. The van der Waals surface area contributed by atoms with E-state index in [1.807, 2.05) is 0 Å². The molecule has 1 saturated heterocycles. The van der Waals surface area contributed by atoms with Gasteiger partial charge in [0.2, 0.25) is 15.9 Å². The summed E-state index contributed by atoms with van der Waals surface area (Å²) < 4.78 is 49.4. The third-order valence-corrected chi connectivity index (χ3v) is 9.74. The molecule has 1 amide bonds. The first-order valence-electron chi connectivity index (χ1n) is 8.33. The van der Waals surface area contributed by atoms with Gasteiger partial charge in [-0.2, -0.15) is 4.31 Å². The van der Waals surface area contributed by atoms with Gasteiger partial charge < -0.3 is 10.0 Å². The van der Waals surface area contributed by atoms with Crippen LogP contribution in [-0.2, 0) is 24.8 Å². The van der Waals surface area contributed by atoms with Gasteiger partial charge in [-0.3, -0.25) is 9.69 Å². The SMILES string of the molecule is CC(=O)N1CCN(CCN2CC(O)c3cc(S(N)(=O)=O)sc3S2(=O)=O)CC1. The number of sulfonamides is 2. The first-order valence-corrected chi connectivity index (χ1v) is 12.1. The van der Waals surface area contributed by atoms with Crippen molar-refractivity contribution in [1.82, 2.24) is 14.1 Å². The smallest absolute Gasteiger partial charge is 0.253 e. The van der Waals surface area contributed by atoms with E-state index in [0.717, 1.165) is 6.07 Å². The van der Waals surface area contributed by atoms with Crippen LogP contribution in [0.5, 0.6) is 0 Å². The molecule has 13 heteroatoms. The van der Waals surface area contributed by atoms with E-state index < -0.39 is 26.2 Å². The van der Waals surface area contributed by atoms with Crippen LogP contribution in [0.1, 0.15) is 18.6 Å². The summed E-state index contributed by atoms with van der Waals surface area (Å²) in [5, 5.41) is 15.4. The summed E-state index contributed by atoms with van der Waals surface area (Å²) in [6.45, 7) is 4.50. The number of fused-ring (bicyclic) bond motifs is 1. The fourth-order valence-corrected chi connectivity index (χ4v) is 7.44. The fourth-order valence-electron chi connectivity index (χ4n) is 3.20. The topological polar surface area (TPSA) is 141 Å². The zero-order valence-corrected chi connectivity index (χ0v) is 17.2. The summed E-state index contributed by atoms with van der Waals surface area (Å²) in [6, 6.07) is 1.13. The van der Waals surface area contributed by atoms with E-state index in [0.29, 0.717) is 44.1 Å². The highest BCUT2D eigenvalue weighted by atomic mass is 32.3. The van der Waals surface area contributed by atoms with Crippen molar-refractivity contribution in [3.63, 3.8) is 0 Å². The number of amides is 1. The molecular weight excluding hydrogens is 416 g/mol. The van der Waals surface area contributed by atoms with Gasteiger partial charge >= 0.3 is 0 Å². The Labute approximate surface area is 162 Å². The number of carbonyl (C=O) groups excluding carboxylic acids is 1. The van der Waals surface area contributed by atoms with Gasteiger partial charge in [0.15, 0.2) is 0 Å². The van der Waals surface area contributed by atoms with Crippen LogP contribution in [0.15, 0.2) is 14.5 Å². The molecule has 0 spiro atoms. The predicted molar refractivity (Wildman–Crippen MR) is 98.1 cm³/mol. The Morgan fingerprint density at radius 1 is 1.30 bits per heavy atom. The quantitative estimate of drug-likeness (QED) is 0.589. The lowest BCUT2D eigenvalue weighted by Gasteiger charge is -2.36. The van der Waals surface area contributed by atoms with Gasteiger partial charge in [0.1, 0.15) is 8.42 Å². The number of hydrogen-bond acceptors (Lipinski definition) is 8. The first kappa shape index (κ1) is 20.6. The number of aliphatic hydroxyl groups excluding tert-OH is 1. The second-order valence-corrected chi connectivity index (χ2v) is 11.6. The van der Waals surface area contributed by atoms with Gasteiger partial charge in [-0.15, -0.1) is 11.3 Å². The molecule has 0 bridgehead atoms.